The second-order valence-electron chi connectivity index (χ2n) is 5.14. The Labute approximate surface area is 92.4 Å². The highest BCUT2D eigenvalue weighted by molar-refractivity contribution is 5.49. The highest BCUT2D eigenvalue weighted by atomic mass is 16.1. The topological polar surface area (TPSA) is 23.6 Å². The second kappa shape index (κ2) is 4.52. The number of carbonyl (C=O) groups excluding carboxylic acids is 1. The van der Waals surface area contributed by atoms with Gasteiger partial charge in [-0.3, -0.25) is 4.79 Å². The first-order chi connectivity index (χ1) is 7.22. The van der Waals surface area contributed by atoms with E-state index in [9.17, 15) is 4.79 Å². The van der Waals surface area contributed by atoms with Crippen molar-refractivity contribution in [3.8, 4) is 0 Å². The van der Waals surface area contributed by atoms with E-state index >= 15 is 0 Å². The summed E-state index contributed by atoms with van der Waals surface area (Å²) >= 11 is 0. The summed E-state index contributed by atoms with van der Waals surface area (Å²) in [5, 5.41) is 0. The number of amides is 1. The van der Waals surface area contributed by atoms with Crippen molar-refractivity contribution in [3.63, 3.8) is 0 Å². The van der Waals surface area contributed by atoms with Gasteiger partial charge < -0.3 is 9.80 Å². The van der Waals surface area contributed by atoms with Crippen molar-refractivity contribution in [1.29, 1.82) is 0 Å². The molecule has 86 valence electrons. The SMILES string of the molecule is CC(C)N1CCC(N(C=O)C2CC2)CC1. The van der Waals surface area contributed by atoms with E-state index < -0.39 is 0 Å². The van der Waals surface area contributed by atoms with Gasteiger partial charge >= 0.3 is 0 Å². The zero-order valence-electron chi connectivity index (χ0n) is 9.85. The van der Waals surface area contributed by atoms with Gasteiger partial charge in [-0.15, -0.1) is 0 Å². The van der Waals surface area contributed by atoms with Gasteiger partial charge in [0.15, 0.2) is 0 Å². The molecular weight excluding hydrogens is 188 g/mol. The maximum absolute atomic E-state index is 11.0. The van der Waals surface area contributed by atoms with Crippen LogP contribution in [0.5, 0.6) is 0 Å². The predicted molar refractivity (Wildman–Crippen MR) is 60.7 cm³/mol. The van der Waals surface area contributed by atoms with Crippen LogP contribution in [0.2, 0.25) is 0 Å². The van der Waals surface area contributed by atoms with E-state index in [1.54, 1.807) is 0 Å². The van der Waals surface area contributed by atoms with Gasteiger partial charge in [-0.25, -0.2) is 0 Å². The lowest BCUT2D eigenvalue weighted by Crippen LogP contribution is -2.47. The summed E-state index contributed by atoms with van der Waals surface area (Å²) in [7, 11) is 0. The third-order valence-corrected chi connectivity index (χ3v) is 3.74. The standard InChI is InChI=1S/C12H22N2O/c1-10(2)13-7-5-12(6-8-13)14(9-15)11-3-4-11/h9-12H,3-8H2,1-2H3. The fourth-order valence-electron chi connectivity index (χ4n) is 2.54. The molecule has 0 aromatic carbocycles. The van der Waals surface area contributed by atoms with E-state index in [0.29, 0.717) is 18.1 Å². The molecule has 2 aliphatic rings. The van der Waals surface area contributed by atoms with E-state index in [2.05, 4.69) is 23.6 Å². The number of piperidine rings is 1. The van der Waals surface area contributed by atoms with Crippen LogP contribution in [0.3, 0.4) is 0 Å². The van der Waals surface area contributed by atoms with Crippen LogP contribution < -0.4 is 0 Å². The van der Waals surface area contributed by atoms with Gasteiger partial charge in [-0.05, 0) is 39.5 Å². The number of likely N-dealkylation sites (tertiary alicyclic amines) is 1. The van der Waals surface area contributed by atoms with Crippen LogP contribution >= 0.6 is 0 Å². The van der Waals surface area contributed by atoms with Crippen molar-refractivity contribution >= 4 is 6.41 Å². The quantitative estimate of drug-likeness (QED) is 0.656. The highest BCUT2D eigenvalue weighted by Crippen LogP contribution is 2.30. The van der Waals surface area contributed by atoms with Gasteiger partial charge in [0.25, 0.3) is 0 Å². The smallest absolute Gasteiger partial charge is 0.210 e. The molecule has 0 unspecified atom stereocenters. The molecule has 2 rings (SSSR count). The maximum Gasteiger partial charge on any atom is 0.210 e. The summed E-state index contributed by atoms with van der Waals surface area (Å²) in [4.78, 5) is 15.6. The Morgan fingerprint density at radius 1 is 1.13 bits per heavy atom. The van der Waals surface area contributed by atoms with Crippen LogP contribution in [0.15, 0.2) is 0 Å². The minimum atomic E-state index is 0.519. The lowest BCUT2D eigenvalue weighted by molar-refractivity contribution is -0.121. The molecule has 1 saturated carbocycles. The molecule has 1 heterocycles. The van der Waals surface area contributed by atoms with E-state index in [1.807, 2.05) is 0 Å². The summed E-state index contributed by atoms with van der Waals surface area (Å²) in [6.45, 7) is 6.80. The van der Waals surface area contributed by atoms with E-state index in [0.717, 1.165) is 32.3 Å². The van der Waals surface area contributed by atoms with Gasteiger partial charge in [-0.1, -0.05) is 0 Å². The summed E-state index contributed by atoms with van der Waals surface area (Å²) in [6, 6.07) is 1.75. The molecule has 2 fully saturated rings. The lowest BCUT2D eigenvalue weighted by atomic mass is 10.0. The number of rotatable bonds is 4. The van der Waals surface area contributed by atoms with Crippen molar-refractivity contribution in [1.82, 2.24) is 9.80 Å². The van der Waals surface area contributed by atoms with Gasteiger partial charge in [0, 0.05) is 31.2 Å². The minimum Gasteiger partial charge on any atom is -0.339 e. The molecular formula is C12H22N2O. The lowest BCUT2D eigenvalue weighted by Gasteiger charge is -2.38. The number of nitrogens with zero attached hydrogens (tertiary/aromatic N) is 2. The van der Waals surface area contributed by atoms with Crippen molar-refractivity contribution in [2.45, 2.75) is 57.7 Å². The van der Waals surface area contributed by atoms with E-state index in [1.165, 1.54) is 12.8 Å². The molecule has 0 aromatic rings. The third-order valence-electron chi connectivity index (χ3n) is 3.74. The molecule has 1 amide bonds. The molecule has 0 radical (unpaired) electrons. The molecule has 1 aliphatic heterocycles. The average molecular weight is 210 g/mol. The Hall–Kier alpha value is -0.570. The van der Waals surface area contributed by atoms with Crippen LogP contribution in [-0.4, -0.2) is 47.4 Å². The van der Waals surface area contributed by atoms with Crippen molar-refractivity contribution in [3.05, 3.63) is 0 Å². The Bertz CT molecular complexity index is 218. The average Bonchev–Trinajstić information content (AvgIpc) is 3.04. The first kappa shape index (κ1) is 10.9. The Morgan fingerprint density at radius 2 is 1.67 bits per heavy atom. The number of hydrogen-bond donors (Lipinski definition) is 0. The van der Waals surface area contributed by atoms with Crippen LogP contribution in [0.25, 0.3) is 0 Å². The van der Waals surface area contributed by atoms with E-state index in [4.69, 9.17) is 0 Å². The first-order valence-electron chi connectivity index (χ1n) is 6.19. The van der Waals surface area contributed by atoms with Crippen LogP contribution in [0, 0.1) is 0 Å². The Balaban J connectivity index is 1.83. The molecule has 15 heavy (non-hydrogen) atoms. The molecule has 0 atom stereocenters. The van der Waals surface area contributed by atoms with Crippen molar-refractivity contribution in [2.75, 3.05) is 13.1 Å². The molecule has 3 heteroatoms. The predicted octanol–water partition coefficient (Wildman–Crippen LogP) is 1.48. The van der Waals surface area contributed by atoms with Crippen molar-refractivity contribution in [2.24, 2.45) is 0 Å². The largest absolute Gasteiger partial charge is 0.339 e. The fourth-order valence-corrected chi connectivity index (χ4v) is 2.54. The zero-order chi connectivity index (χ0) is 10.8. The molecule has 0 aromatic heterocycles. The van der Waals surface area contributed by atoms with Gasteiger partial charge in [0.2, 0.25) is 6.41 Å². The molecule has 0 spiro atoms. The highest BCUT2D eigenvalue weighted by Gasteiger charge is 2.34. The first-order valence-corrected chi connectivity index (χ1v) is 6.19. The monoisotopic (exact) mass is 210 g/mol. The minimum absolute atomic E-state index is 0.519. The van der Waals surface area contributed by atoms with Crippen LogP contribution in [-0.2, 0) is 4.79 Å². The Morgan fingerprint density at radius 3 is 2.07 bits per heavy atom. The molecule has 1 aliphatic carbocycles. The fraction of sp³-hybridized carbons (Fsp3) is 0.917. The number of hydrogen-bond acceptors (Lipinski definition) is 2. The van der Waals surface area contributed by atoms with Crippen LogP contribution in [0.1, 0.15) is 39.5 Å². The van der Waals surface area contributed by atoms with E-state index in [-0.39, 0.29) is 0 Å². The molecule has 3 nitrogen and oxygen atoms in total. The van der Waals surface area contributed by atoms with Crippen LogP contribution in [0.4, 0.5) is 0 Å². The summed E-state index contributed by atoms with van der Waals surface area (Å²) in [5.74, 6) is 0. The maximum atomic E-state index is 11.0. The Kier molecular flexibility index (Phi) is 3.29. The second-order valence-corrected chi connectivity index (χ2v) is 5.14. The molecule has 0 N–H and O–H groups in total. The van der Waals surface area contributed by atoms with Gasteiger partial charge in [0.1, 0.15) is 0 Å². The summed E-state index contributed by atoms with van der Waals surface area (Å²) in [6.07, 6.45) is 5.85. The normalized spacial score (nSPS) is 24.5. The molecule has 1 saturated heterocycles. The van der Waals surface area contributed by atoms with Gasteiger partial charge in [0.05, 0.1) is 0 Å². The van der Waals surface area contributed by atoms with Crippen molar-refractivity contribution < 1.29 is 4.79 Å². The zero-order valence-corrected chi connectivity index (χ0v) is 9.85. The third kappa shape index (κ3) is 2.51. The molecule has 0 bridgehead atoms. The summed E-state index contributed by atoms with van der Waals surface area (Å²) in [5.41, 5.74) is 0. The number of carbonyl (C=O) groups is 1. The summed E-state index contributed by atoms with van der Waals surface area (Å²) < 4.78 is 0. The van der Waals surface area contributed by atoms with Gasteiger partial charge in [-0.2, -0.15) is 0 Å².